The SMILES string of the molecule is Cc1ccc(Oc2nccc(C(=O)O)n2)cc1. The molecule has 1 aromatic heterocycles. The zero-order valence-corrected chi connectivity index (χ0v) is 9.12. The van der Waals surface area contributed by atoms with Gasteiger partial charge in [0.05, 0.1) is 0 Å². The molecular formula is C12H10N2O3. The Hall–Kier alpha value is -2.43. The van der Waals surface area contributed by atoms with Gasteiger partial charge in [0.2, 0.25) is 0 Å². The molecule has 0 radical (unpaired) electrons. The van der Waals surface area contributed by atoms with Crippen molar-refractivity contribution in [3.05, 3.63) is 47.8 Å². The van der Waals surface area contributed by atoms with E-state index in [1.54, 1.807) is 12.1 Å². The van der Waals surface area contributed by atoms with Gasteiger partial charge < -0.3 is 9.84 Å². The second kappa shape index (κ2) is 4.61. The fraction of sp³-hybridized carbons (Fsp3) is 0.0833. The molecule has 0 aliphatic carbocycles. The number of carboxylic acid groups (broad SMARTS) is 1. The molecule has 0 saturated heterocycles. The molecule has 1 heterocycles. The standard InChI is InChI=1S/C12H10N2O3/c1-8-2-4-9(5-3-8)17-12-13-7-6-10(14-12)11(15)16/h2-7H,1H3,(H,15,16). The highest BCUT2D eigenvalue weighted by Gasteiger charge is 2.07. The molecule has 2 rings (SSSR count). The minimum atomic E-state index is -1.11. The summed E-state index contributed by atoms with van der Waals surface area (Å²) in [6.07, 6.45) is 1.35. The van der Waals surface area contributed by atoms with Crippen LogP contribution in [0.25, 0.3) is 0 Å². The van der Waals surface area contributed by atoms with Gasteiger partial charge in [0.1, 0.15) is 5.75 Å². The van der Waals surface area contributed by atoms with Crippen LogP contribution < -0.4 is 4.74 Å². The van der Waals surface area contributed by atoms with E-state index in [0.717, 1.165) is 5.56 Å². The van der Waals surface area contributed by atoms with E-state index in [1.807, 2.05) is 19.1 Å². The van der Waals surface area contributed by atoms with Crippen LogP contribution in [0.5, 0.6) is 11.8 Å². The molecule has 5 nitrogen and oxygen atoms in total. The molecule has 0 unspecified atom stereocenters. The maximum absolute atomic E-state index is 10.7. The van der Waals surface area contributed by atoms with Crippen LogP contribution in [0.4, 0.5) is 0 Å². The molecule has 0 spiro atoms. The third-order valence-electron chi connectivity index (χ3n) is 2.08. The van der Waals surface area contributed by atoms with Crippen molar-refractivity contribution in [3.8, 4) is 11.8 Å². The van der Waals surface area contributed by atoms with Gasteiger partial charge in [-0.25, -0.2) is 9.78 Å². The molecule has 0 aliphatic heterocycles. The number of aromatic carboxylic acids is 1. The van der Waals surface area contributed by atoms with Crippen LogP contribution in [-0.4, -0.2) is 21.0 Å². The highest BCUT2D eigenvalue weighted by Crippen LogP contribution is 2.17. The van der Waals surface area contributed by atoms with E-state index < -0.39 is 5.97 Å². The van der Waals surface area contributed by atoms with Crippen LogP contribution in [0.3, 0.4) is 0 Å². The highest BCUT2D eigenvalue weighted by molar-refractivity contribution is 5.85. The number of carboxylic acids is 1. The van der Waals surface area contributed by atoms with Crippen LogP contribution in [0.2, 0.25) is 0 Å². The molecule has 1 aromatic carbocycles. The summed E-state index contributed by atoms with van der Waals surface area (Å²) in [6, 6.07) is 8.64. The van der Waals surface area contributed by atoms with E-state index in [4.69, 9.17) is 9.84 Å². The molecule has 0 aliphatic rings. The molecule has 2 aromatic rings. The van der Waals surface area contributed by atoms with Crippen LogP contribution in [0.1, 0.15) is 16.1 Å². The quantitative estimate of drug-likeness (QED) is 0.875. The van der Waals surface area contributed by atoms with Crippen molar-refractivity contribution in [2.24, 2.45) is 0 Å². The molecule has 5 heteroatoms. The Balaban J connectivity index is 2.21. The minimum absolute atomic E-state index is 0.0220. The van der Waals surface area contributed by atoms with Gasteiger partial charge in [-0.2, -0.15) is 4.98 Å². The number of carbonyl (C=O) groups is 1. The summed E-state index contributed by atoms with van der Waals surface area (Å²) < 4.78 is 5.34. The largest absolute Gasteiger partial charge is 0.477 e. The number of aromatic nitrogens is 2. The van der Waals surface area contributed by atoms with E-state index in [1.165, 1.54) is 12.3 Å². The van der Waals surface area contributed by atoms with E-state index in [0.29, 0.717) is 5.75 Å². The topological polar surface area (TPSA) is 72.3 Å². The summed E-state index contributed by atoms with van der Waals surface area (Å²) >= 11 is 0. The maximum Gasteiger partial charge on any atom is 0.354 e. The van der Waals surface area contributed by atoms with Crippen molar-refractivity contribution in [1.29, 1.82) is 0 Å². The zero-order chi connectivity index (χ0) is 12.3. The first kappa shape index (κ1) is 11.1. The number of ether oxygens (including phenoxy) is 1. The van der Waals surface area contributed by atoms with Crippen molar-refractivity contribution in [3.63, 3.8) is 0 Å². The predicted molar refractivity (Wildman–Crippen MR) is 60.2 cm³/mol. The Labute approximate surface area is 97.7 Å². The van der Waals surface area contributed by atoms with Gasteiger partial charge in [0.25, 0.3) is 0 Å². The molecule has 0 atom stereocenters. The van der Waals surface area contributed by atoms with Crippen molar-refractivity contribution in [1.82, 2.24) is 9.97 Å². The smallest absolute Gasteiger partial charge is 0.354 e. The van der Waals surface area contributed by atoms with Gasteiger partial charge in [-0.1, -0.05) is 17.7 Å². The van der Waals surface area contributed by atoms with Crippen LogP contribution in [0, 0.1) is 6.92 Å². The summed E-state index contributed by atoms with van der Waals surface area (Å²) in [4.78, 5) is 18.3. The molecule has 0 bridgehead atoms. The van der Waals surface area contributed by atoms with Gasteiger partial charge in [-0.05, 0) is 25.1 Å². The molecule has 0 saturated carbocycles. The van der Waals surface area contributed by atoms with E-state index in [-0.39, 0.29) is 11.7 Å². The summed E-state index contributed by atoms with van der Waals surface area (Å²) in [6.45, 7) is 1.96. The van der Waals surface area contributed by atoms with E-state index in [2.05, 4.69) is 9.97 Å². The molecule has 0 fully saturated rings. The van der Waals surface area contributed by atoms with Crippen molar-refractivity contribution in [2.45, 2.75) is 6.92 Å². The average Bonchev–Trinajstić information content (AvgIpc) is 2.32. The lowest BCUT2D eigenvalue weighted by molar-refractivity contribution is 0.0689. The Morgan fingerprint density at radius 1 is 1.24 bits per heavy atom. The number of benzene rings is 1. The first-order valence-electron chi connectivity index (χ1n) is 4.96. The minimum Gasteiger partial charge on any atom is -0.477 e. The lowest BCUT2D eigenvalue weighted by Gasteiger charge is -2.03. The summed E-state index contributed by atoms with van der Waals surface area (Å²) in [5.41, 5.74) is 1.01. The van der Waals surface area contributed by atoms with Crippen LogP contribution in [0.15, 0.2) is 36.5 Å². The van der Waals surface area contributed by atoms with Crippen molar-refractivity contribution in [2.75, 3.05) is 0 Å². The van der Waals surface area contributed by atoms with Gasteiger partial charge in [-0.3, -0.25) is 0 Å². The fourth-order valence-corrected chi connectivity index (χ4v) is 1.22. The Morgan fingerprint density at radius 2 is 1.94 bits per heavy atom. The number of aryl methyl sites for hydroxylation is 1. The molecule has 17 heavy (non-hydrogen) atoms. The van der Waals surface area contributed by atoms with Crippen LogP contribution in [-0.2, 0) is 0 Å². The van der Waals surface area contributed by atoms with Crippen LogP contribution >= 0.6 is 0 Å². The van der Waals surface area contributed by atoms with Gasteiger partial charge >= 0.3 is 12.0 Å². The highest BCUT2D eigenvalue weighted by atomic mass is 16.5. The number of hydrogen-bond acceptors (Lipinski definition) is 4. The number of hydrogen-bond donors (Lipinski definition) is 1. The summed E-state index contributed by atoms with van der Waals surface area (Å²) in [7, 11) is 0. The Bertz CT molecular complexity index is 538. The fourth-order valence-electron chi connectivity index (χ4n) is 1.22. The third-order valence-corrected chi connectivity index (χ3v) is 2.08. The van der Waals surface area contributed by atoms with Gasteiger partial charge in [0.15, 0.2) is 5.69 Å². The van der Waals surface area contributed by atoms with Crippen molar-refractivity contribution < 1.29 is 14.6 Å². The zero-order valence-electron chi connectivity index (χ0n) is 9.12. The van der Waals surface area contributed by atoms with Gasteiger partial charge in [-0.15, -0.1) is 0 Å². The lowest BCUT2D eigenvalue weighted by atomic mass is 10.2. The lowest BCUT2D eigenvalue weighted by Crippen LogP contribution is -2.02. The molecular weight excluding hydrogens is 220 g/mol. The predicted octanol–water partition coefficient (Wildman–Crippen LogP) is 2.28. The molecule has 1 N–H and O–H groups in total. The first-order chi connectivity index (χ1) is 8.15. The summed E-state index contributed by atoms with van der Waals surface area (Å²) in [5.74, 6) is -0.542. The van der Waals surface area contributed by atoms with Gasteiger partial charge in [0, 0.05) is 6.20 Å². The number of nitrogens with zero attached hydrogens (tertiary/aromatic N) is 2. The first-order valence-corrected chi connectivity index (χ1v) is 4.96. The molecule has 0 amide bonds. The van der Waals surface area contributed by atoms with E-state index >= 15 is 0 Å². The summed E-state index contributed by atoms with van der Waals surface area (Å²) in [5, 5.41) is 8.77. The second-order valence-corrected chi connectivity index (χ2v) is 3.44. The monoisotopic (exact) mass is 230 g/mol. The molecule has 86 valence electrons. The normalized spacial score (nSPS) is 9.94. The third kappa shape index (κ3) is 2.78. The average molecular weight is 230 g/mol. The van der Waals surface area contributed by atoms with E-state index in [9.17, 15) is 4.79 Å². The Kier molecular flexibility index (Phi) is 3.00. The number of rotatable bonds is 3. The second-order valence-electron chi connectivity index (χ2n) is 3.44. The maximum atomic E-state index is 10.7. The Morgan fingerprint density at radius 3 is 2.59 bits per heavy atom. The van der Waals surface area contributed by atoms with Crippen molar-refractivity contribution >= 4 is 5.97 Å².